The van der Waals surface area contributed by atoms with Crippen molar-refractivity contribution < 1.29 is 13.2 Å². The van der Waals surface area contributed by atoms with Gasteiger partial charge in [-0.2, -0.15) is 5.10 Å². The molecule has 0 bridgehead atoms. The highest BCUT2D eigenvalue weighted by atomic mass is 32.2. The Hall–Kier alpha value is -2.19. The first-order chi connectivity index (χ1) is 13.0. The van der Waals surface area contributed by atoms with Crippen molar-refractivity contribution in [2.45, 2.75) is 45.4 Å². The molecule has 0 unspecified atom stereocenters. The fourth-order valence-electron chi connectivity index (χ4n) is 3.04. The van der Waals surface area contributed by atoms with Gasteiger partial charge in [-0.15, -0.1) is 0 Å². The van der Waals surface area contributed by atoms with Crippen LogP contribution in [0.2, 0.25) is 0 Å². The molecule has 154 valence electrons. The molecule has 1 N–H and O–H groups in total. The Morgan fingerprint density at radius 2 is 1.82 bits per heavy atom. The standard InChI is InChI=1S/C20H30N4O3S/c1-14(2)13-20(25)21-17-7-9-18(10-8-17)28(26,27)23(5)12-11-19-15(3)22-24(6)16(19)4/h7-10,14H,11-13H2,1-6H3,(H,21,25). The van der Waals surface area contributed by atoms with Crippen LogP contribution < -0.4 is 5.32 Å². The number of nitrogens with zero attached hydrogens (tertiary/aromatic N) is 3. The van der Waals surface area contributed by atoms with Crippen molar-refractivity contribution in [3.05, 3.63) is 41.2 Å². The number of sulfonamides is 1. The second kappa shape index (κ2) is 8.87. The zero-order valence-corrected chi connectivity index (χ0v) is 18.3. The van der Waals surface area contributed by atoms with Crippen molar-refractivity contribution in [2.24, 2.45) is 13.0 Å². The van der Waals surface area contributed by atoms with E-state index in [4.69, 9.17) is 0 Å². The van der Waals surface area contributed by atoms with Gasteiger partial charge in [0.1, 0.15) is 0 Å². The van der Waals surface area contributed by atoms with Gasteiger partial charge in [0.05, 0.1) is 10.6 Å². The number of amides is 1. The number of likely N-dealkylation sites (N-methyl/N-ethyl adjacent to an activating group) is 1. The molecule has 0 atom stereocenters. The molecule has 28 heavy (non-hydrogen) atoms. The van der Waals surface area contributed by atoms with Gasteiger partial charge >= 0.3 is 0 Å². The molecule has 1 aromatic heterocycles. The monoisotopic (exact) mass is 406 g/mol. The summed E-state index contributed by atoms with van der Waals surface area (Å²) in [7, 11) is -0.138. The molecule has 8 heteroatoms. The van der Waals surface area contributed by atoms with E-state index in [1.165, 1.54) is 16.4 Å². The molecular weight excluding hydrogens is 376 g/mol. The van der Waals surface area contributed by atoms with E-state index in [-0.39, 0.29) is 16.7 Å². The summed E-state index contributed by atoms with van der Waals surface area (Å²) in [5.74, 6) is 0.185. The molecule has 0 spiro atoms. The molecule has 0 radical (unpaired) electrons. The van der Waals surface area contributed by atoms with Gasteiger partial charge in [-0.05, 0) is 56.0 Å². The van der Waals surface area contributed by atoms with Gasteiger partial charge in [-0.1, -0.05) is 13.8 Å². The summed E-state index contributed by atoms with van der Waals surface area (Å²) < 4.78 is 28.8. The third kappa shape index (κ3) is 5.20. The fourth-order valence-corrected chi connectivity index (χ4v) is 4.21. The van der Waals surface area contributed by atoms with E-state index in [0.29, 0.717) is 25.1 Å². The number of hydrogen-bond donors (Lipinski definition) is 1. The summed E-state index contributed by atoms with van der Waals surface area (Å²) in [6.07, 6.45) is 1.03. The van der Waals surface area contributed by atoms with E-state index in [1.807, 2.05) is 39.4 Å². The molecule has 1 heterocycles. The van der Waals surface area contributed by atoms with Crippen molar-refractivity contribution in [3.63, 3.8) is 0 Å². The summed E-state index contributed by atoms with van der Waals surface area (Å²) in [4.78, 5) is 12.1. The van der Waals surface area contributed by atoms with E-state index in [0.717, 1.165) is 17.0 Å². The highest BCUT2D eigenvalue weighted by Crippen LogP contribution is 2.19. The van der Waals surface area contributed by atoms with Gasteiger partial charge in [0, 0.05) is 38.4 Å². The number of aromatic nitrogens is 2. The van der Waals surface area contributed by atoms with E-state index < -0.39 is 10.0 Å². The molecule has 0 fully saturated rings. The summed E-state index contributed by atoms with van der Waals surface area (Å²) in [6.45, 7) is 8.22. The number of nitrogens with one attached hydrogen (secondary N) is 1. The zero-order valence-electron chi connectivity index (χ0n) is 17.5. The van der Waals surface area contributed by atoms with Crippen LogP contribution in [0.3, 0.4) is 0 Å². The number of hydrogen-bond acceptors (Lipinski definition) is 4. The largest absolute Gasteiger partial charge is 0.326 e. The van der Waals surface area contributed by atoms with Crippen LogP contribution in [0.5, 0.6) is 0 Å². The number of carbonyl (C=O) groups excluding carboxylic acids is 1. The Bertz CT molecular complexity index is 931. The normalized spacial score (nSPS) is 12.0. The molecule has 1 amide bonds. The van der Waals surface area contributed by atoms with E-state index >= 15 is 0 Å². The molecule has 7 nitrogen and oxygen atoms in total. The van der Waals surface area contributed by atoms with Crippen LogP contribution in [0.25, 0.3) is 0 Å². The van der Waals surface area contributed by atoms with Crippen LogP contribution in [0, 0.1) is 19.8 Å². The molecule has 0 aliphatic rings. The van der Waals surface area contributed by atoms with Gasteiger partial charge in [-0.25, -0.2) is 12.7 Å². The van der Waals surface area contributed by atoms with Crippen LogP contribution >= 0.6 is 0 Å². The molecule has 0 aliphatic carbocycles. The summed E-state index contributed by atoms with van der Waals surface area (Å²) >= 11 is 0. The summed E-state index contributed by atoms with van der Waals surface area (Å²) in [5, 5.41) is 7.16. The second-order valence-electron chi connectivity index (χ2n) is 7.52. The minimum atomic E-state index is -3.60. The Morgan fingerprint density at radius 3 is 2.32 bits per heavy atom. The first-order valence-corrected chi connectivity index (χ1v) is 10.8. The maximum atomic E-state index is 12.8. The molecule has 2 rings (SSSR count). The lowest BCUT2D eigenvalue weighted by Crippen LogP contribution is -2.29. The third-order valence-corrected chi connectivity index (χ3v) is 6.65. The SMILES string of the molecule is Cc1nn(C)c(C)c1CCN(C)S(=O)(=O)c1ccc(NC(=O)CC(C)C)cc1. The lowest BCUT2D eigenvalue weighted by atomic mass is 10.1. The predicted molar refractivity (Wildman–Crippen MR) is 111 cm³/mol. The smallest absolute Gasteiger partial charge is 0.242 e. The Balaban J connectivity index is 2.05. The molecule has 1 aromatic carbocycles. The third-order valence-electron chi connectivity index (χ3n) is 4.78. The zero-order chi connectivity index (χ0) is 21.1. The average Bonchev–Trinajstić information content (AvgIpc) is 2.84. The maximum absolute atomic E-state index is 12.8. The van der Waals surface area contributed by atoms with Crippen LogP contribution in [-0.2, 0) is 28.3 Å². The summed E-state index contributed by atoms with van der Waals surface area (Å²) in [6, 6.07) is 6.29. The first-order valence-electron chi connectivity index (χ1n) is 9.37. The topological polar surface area (TPSA) is 84.3 Å². The number of aryl methyl sites for hydroxylation is 2. The van der Waals surface area contributed by atoms with Crippen molar-refractivity contribution in [1.82, 2.24) is 14.1 Å². The van der Waals surface area contributed by atoms with Gasteiger partial charge in [-0.3, -0.25) is 9.48 Å². The highest BCUT2D eigenvalue weighted by Gasteiger charge is 2.21. The van der Waals surface area contributed by atoms with E-state index in [2.05, 4.69) is 10.4 Å². The van der Waals surface area contributed by atoms with Crippen molar-refractivity contribution in [2.75, 3.05) is 18.9 Å². The Kier molecular flexibility index (Phi) is 7.01. The van der Waals surface area contributed by atoms with Gasteiger partial charge in [0.15, 0.2) is 0 Å². The van der Waals surface area contributed by atoms with Crippen molar-refractivity contribution in [1.29, 1.82) is 0 Å². The van der Waals surface area contributed by atoms with E-state index in [1.54, 1.807) is 19.2 Å². The number of carbonyl (C=O) groups is 1. The minimum Gasteiger partial charge on any atom is -0.326 e. The summed E-state index contributed by atoms with van der Waals surface area (Å²) in [5.41, 5.74) is 3.64. The number of anilines is 1. The Morgan fingerprint density at radius 1 is 1.21 bits per heavy atom. The molecule has 0 aliphatic heterocycles. The van der Waals surface area contributed by atoms with Gasteiger partial charge in [0.25, 0.3) is 0 Å². The van der Waals surface area contributed by atoms with Crippen LogP contribution in [-0.4, -0.2) is 42.0 Å². The molecule has 0 saturated heterocycles. The maximum Gasteiger partial charge on any atom is 0.242 e. The van der Waals surface area contributed by atoms with Crippen LogP contribution in [0.4, 0.5) is 5.69 Å². The number of rotatable bonds is 8. The average molecular weight is 407 g/mol. The van der Waals surface area contributed by atoms with Crippen LogP contribution in [0.15, 0.2) is 29.2 Å². The first kappa shape index (κ1) is 22.1. The molecular formula is C20H30N4O3S. The minimum absolute atomic E-state index is 0.0788. The quantitative estimate of drug-likeness (QED) is 0.731. The number of benzene rings is 1. The lowest BCUT2D eigenvalue weighted by Gasteiger charge is -2.17. The molecule has 2 aromatic rings. The van der Waals surface area contributed by atoms with E-state index in [9.17, 15) is 13.2 Å². The fraction of sp³-hybridized carbons (Fsp3) is 0.500. The van der Waals surface area contributed by atoms with Crippen molar-refractivity contribution in [3.8, 4) is 0 Å². The van der Waals surface area contributed by atoms with Gasteiger partial charge < -0.3 is 5.32 Å². The Labute approximate surface area is 167 Å². The van der Waals surface area contributed by atoms with Gasteiger partial charge in [0.2, 0.25) is 15.9 Å². The second-order valence-corrected chi connectivity index (χ2v) is 9.56. The highest BCUT2D eigenvalue weighted by molar-refractivity contribution is 7.89. The lowest BCUT2D eigenvalue weighted by molar-refractivity contribution is -0.116. The van der Waals surface area contributed by atoms with Crippen LogP contribution in [0.1, 0.15) is 37.2 Å². The molecule has 0 saturated carbocycles. The van der Waals surface area contributed by atoms with Crippen molar-refractivity contribution >= 4 is 21.6 Å². The predicted octanol–water partition coefficient (Wildman–Crippen LogP) is 2.88.